The number of aryl methyl sites for hydroxylation is 1. The summed E-state index contributed by atoms with van der Waals surface area (Å²) in [6.45, 7) is 3.54. The van der Waals surface area contributed by atoms with Gasteiger partial charge in [-0.05, 0) is 24.1 Å². The molecule has 0 saturated heterocycles. The lowest BCUT2D eigenvalue weighted by molar-refractivity contribution is 0.542. The lowest BCUT2D eigenvalue weighted by Gasteiger charge is -2.11. The Morgan fingerprint density at radius 1 is 1.18 bits per heavy atom. The molecule has 0 fully saturated rings. The third-order valence-electron chi connectivity index (χ3n) is 2.77. The molecule has 1 aromatic carbocycles. The number of aromatic nitrogens is 2. The van der Waals surface area contributed by atoms with E-state index in [1.165, 1.54) is 12.1 Å². The summed E-state index contributed by atoms with van der Waals surface area (Å²) in [5.41, 5.74) is 1.33. The first-order valence-corrected chi connectivity index (χ1v) is 5.48. The van der Waals surface area contributed by atoms with Crippen molar-refractivity contribution in [3.63, 3.8) is 0 Å². The third-order valence-corrected chi connectivity index (χ3v) is 2.77. The first-order valence-electron chi connectivity index (χ1n) is 5.48. The second-order valence-corrected chi connectivity index (χ2v) is 4.35. The number of halogens is 2. The summed E-state index contributed by atoms with van der Waals surface area (Å²) in [4.78, 5) is 0. The highest BCUT2D eigenvalue weighted by Gasteiger charge is 2.15. The van der Waals surface area contributed by atoms with Crippen molar-refractivity contribution in [2.45, 2.75) is 19.8 Å². The highest BCUT2D eigenvalue weighted by molar-refractivity contribution is 5.60. The van der Waals surface area contributed by atoms with Gasteiger partial charge < -0.3 is 0 Å². The van der Waals surface area contributed by atoms with Crippen LogP contribution >= 0.6 is 0 Å². The Balaban J connectivity index is 2.57. The van der Waals surface area contributed by atoms with E-state index in [0.717, 1.165) is 0 Å². The molecule has 1 heterocycles. The molecule has 0 saturated carbocycles. The van der Waals surface area contributed by atoms with Crippen LogP contribution in [0, 0.1) is 11.6 Å². The lowest BCUT2D eigenvalue weighted by Crippen LogP contribution is -2.00. The minimum atomic E-state index is -0.504. The van der Waals surface area contributed by atoms with Gasteiger partial charge in [0, 0.05) is 24.4 Å². The topological polar surface area (TPSA) is 17.8 Å². The molecule has 2 aromatic rings. The van der Waals surface area contributed by atoms with Crippen molar-refractivity contribution in [1.82, 2.24) is 9.78 Å². The van der Waals surface area contributed by atoms with Crippen molar-refractivity contribution >= 4 is 0 Å². The molecule has 0 N–H and O–H groups in total. The Morgan fingerprint density at radius 2 is 1.76 bits per heavy atom. The lowest BCUT2D eigenvalue weighted by atomic mass is 9.99. The number of hydrogen-bond acceptors (Lipinski definition) is 1. The zero-order valence-corrected chi connectivity index (χ0v) is 10.0. The summed E-state index contributed by atoms with van der Waals surface area (Å²) in [6.07, 6.45) is 1.60. The largest absolute Gasteiger partial charge is 0.268 e. The van der Waals surface area contributed by atoms with Gasteiger partial charge in [-0.1, -0.05) is 13.8 Å². The zero-order valence-electron chi connectivity index (χ0n) is 10.0. The maximum absolute atomic E-state index is 13.8. The molecule has 2 rings (SSSR count). The quantitative estimate of drug-likeness (QED) is 0.780. The molecule has 0 aliphatic carbocycles. The van der Waals surface area contributed by atoms with E-state index in [4.69, 9.17) is 0 Å². The molecule has 17 heavy (non-hydrogen) atoms. The first-order chi connectivity index (χ1) is 8.00. The Kier molecular flexibility index (Phi) is 2.96. The normalized spacial score (nSPS) is 11.2. The van der Waals surface area contributed by atoms with Crippen LogP contribution in [0.15, 0.2) is 24.4 Å². The molecular weight excluding hydrogens is 222 g/mol. The Labute approximate surface area is 98.9 Å². The standard InChI is InChI=1S/C13H14F2N2/c1-8(2)13-10(14)6-9(7-11(13)15)12-4-5-16-17(12)3/h4-8H,1-3H3. The fraction of sp³-hybridized carbons (Fsp3) is 0.308. The van der Waals surface area contributed by atoms with Crippen LogP contribution in [0.5, 0.6) is 0 Å². The molecular formula is C13H14F2N2. The van der Waals surface area contributed by atoms with Crippen LogP contribution in [0.1, 0.15) is 25.3 Å². The molecule has 0 spiro atoms. The minimum Gasteiger partial charge on any atom is -0.268 e. The predicted molar refractivity (Wildman–Crippen MR) is 62.6 cm³/mol. The Bertz CT molecular complexity index is 521. The van der Waals surface area contributed by atoms with Gasteiger partial charge in [0.05, 0.1) is 5.69 Å². The summed E-state index contributed by atoms with van der Waals surface area (Å²) >= 11 is 0. The molecule has 4 heteroatoms. The average molecular weight is 236 g/mol. The summed E-state index contributed by atoms with van der Waals surface area (Å²) < 4.78 is 29.2. The van der Waals surface area contributed by atoms with Gasteiger partial charge >= 0.3 is 0 Å². The first kappa shape index (κ1) is 11.8. The van der Waals surface area contributed by atoms with Gasteiger partial charge in [-0.25, -0.2) is 8.78 Å². The molecule has 0 aliphatic rings. The van der Waals surface area contributed by atoms with E-state index in [1.807, 2.05) is 0 Å². The van der Waals surface area contributed by atoms with Gasteiger partial charge in [0.25, 0.3) is 0 Å². The maximum Gasteiger partial charge on any atom is 0.130 e. The zero-order chi connectivity index (χ0) is 12.6. The molecule has 0 radical (unpaired) electrons. The highest BCUT2D eigenvalue weighted by atomic mass is 19.1. The van der Waals surface area contributed by atoms with Crippen LogP contribution in [0.3, 0.4) is 0 Å². The van der Waals surface area contributed by atoms with Crippen molar-refractivity contribution < 1.29 is 8.78 Å². The fourth-order valence-corrected chi connectivity index (χ4v) is 1.94. The molecule has 0 bridgehead atoms. The summed E-state index contributed by atoms with van der Waals surface area (Å²) in [7, 11) is 1.74. The van der Waals surface area contributed by atoms with E-state index >= 15 is 0 Å². The van der Waals surface area contributed by atoms with Crippen LogP contribution < -0.4 is 0 Å². The van der Waals surface area contributed by atoms with Crippen molar-refractivity contribution in [2.75, 3.05) is 0 Å². The van der Waals surface area contributed by atoms with E-state index in [2.05, 4.69) is 5.10 Å². The van der Waals surface area contributed by atoms with Gasteiger partial charge in [-0.15, -0.1) is 0 Å². The van der Waals surface area contributed by atoms with E-state index in [-0.39, 0.29) is 11.5 Å². The van der Waals surface area contributed by atoms with Gasteiger partial charge in [0.2, 0.25) is 0 Å². The van der Waals surface area contributed by atoms with E-state index in [9.17, 15) is 8.78 Å². The predicted octanol–water partition coefficient (Wildman–Crippen LogP) is 3.49. The highest BCUT2D eigenvalue weighted by Crippen LogP contribution is 2.27. The number of hydrogen-bond donors (Lipinski definition) is 0. The second kappa shape index (κ2) is 4.28. The van der Waals surface area contributed by atoms with Crippen LogP contribution in [-0.2, 0) is 7.05 Å². The van der Waals surface area contributed by atoms with Crippen molar-refractivity contribution in [2.24, 2.45) is 7.05 Å². The van der Waals surface area contributed by atoms with Gasteiger partial charge in [0.15, 0.2) is 0 Å². The third kappa shape index (κ3) is 2.07. The van der Waals surface area contributed by atoms with Crippen molar-refractivity contribution in [3.8, 4) is 11.3 Å². The molecule has 0 amide bonds. The Hall–Kier alpha value is -1.71. The van der Waals surface area contributed by atoms with Gasteiger partial charge in [-0.2, -0.15) is 5.10 Å². The number of rotatable bonds is 2. The Morgan fingerprint density at radius 3 is 2.18 bits per heavy atom. The smallest absolute Gasteiger partial charge is 0.130 e. The average Bonchev–Trinajstić information content (AvgIpc) is 2.62. The molecule has 0 aliphatic heterocycles. The van der Waals surface area contributed by atoms with Crippen LogP contribution in [-0.4, -0.2) is 9.78 Å². The summed E-state index contributed by atoms with van der Waals surface area (Å²) in [6, 6.07) is 4.44. The molecule has 1 aromatic heterocycles. The van der Waals surface area contributed by atoms with Crippen molar-refractivity contribution in [1.29, 1.82) is 0 Å². The second-order valence-electron chi connectivity index (χ2n) is 4.35. The fourth-order valence-electron chi connectivity index (χ4n) is 1.94. The SMILES string of the molecule is CC(C)c1c(F)cc(-c2ccnn2C)cc1F. The monoisotopic (exact) mass is 236 g/mol. The van der Waals surface area contributed by atoms with Gasteiger partial charge in [0.1, 0.15) is 11.6 Å². The number of nitrogens with zero attached hydrogens (tertiary/aromatic N) is 2. The summed E-state index contributed by atoms with van der Waals surface area (Å²) in [5.74, 6) is -1.18. The number of benzene rings is 1. The van der Waals surface area contributed by atoms with E-state index in [1.54, 1.807) is 37.8 Å². The molecule has 90 valence electrons. The molecule has 2 nitrogen and oxygen atoms in total. The van der Waals surface area contributed by atoms with Crippen LogP contribution in [0.2, 0.25) is 0 Å². The van der Waals surface area contributed by atoms with E-state index < -0.39 is 11.6 Å². The van der Waals surface area contributed by atoms with Gasteiger partial charge in [-0.3, -0.25) is 4.68 Å². The summed E-state index contributed by atoms with van der Waals surface area (Å²) in [5, 5.41) is 3.98. The molecule has 0 atom stereocenters. The molecule has 0 unspecified atom stereocenters. The van der Waals surface area contributed by atoms with E-state index in [0.29, 0.717) is 11.3 Å². The van der Waals surface area contributed by atoms with Crippen LogP contribution in [0.4, 0.5) is 8.78 Å². The minimum absolute atomic E-state index is 0.135. The van der Waals surface area contributed by atoms with Crippen molar-refractivity contribution in [3.05, 3.63) is 41.6 Å². The maximum atomic E-state index is 13.8. The van der Waals surface area contributed by atoms with Crippen LogP contribution in [0.25, 0.3) is 11.3 Å².